The molecule has 0 radical (unpaired) electrons. The van der Waals surface area contributed by atoms with E-state index in [4.69, 9.17) is 16.3 Å². The Kier molecular flexibility index (Phi) is 5.45. The molecule has 2 heterocycles. The highest BCUT2D eigenvalue weighted by molar-refractivity contribution is 6.30. The van der Waals surface area contributed by atoms with E-state index in [-0.39, 0.29) is 18.4 Å². The molecule has 0 aliphatic carbocycles. The fraction of sp³-hybridized carbons (Fsp3) is 0.261. The van der Waals surface area contributed by atoms with Gasteiger partial charge in [0.2, 0.25) is 5.91 Å². The molecule has 0 spiro atoms. The van der Waals surface area contributed by atoms with Crippen LogP contribution in [0.25, 0.3) is 0 Å². The molecule has 1 unspecified atom stereocenters. The van der Waals surface area contributed by atoms with Gasteiger partial charge in [-0.2, -0.15) is 5.10 Å². The average molecular weight is 439 g/mol. The molecule has 0 bridgehead atoms. The lowest BCUT2D eigenvalue weighted by Gasteiger charge is -2.43. The lowest BCUT2D eigenvalue weighted by atomic mass is 9.93. The van der Waals surface area contributed by atoms with Gasteiger partial charge in [0.1, 0.15) is 17.0 Å². The number of nitrogens with one attached hydrogen (secondary N) is 1. The Bertz CT molecular complexity index is 1140. The molecule has 1 aromatic heterocycles. The lowest BCUT2D eigenvalue weighted by molar-refractivity contribution is -0.126. The number of aryl methyl sites for hydroxylation is 1. The summed E-state index contributed by atoms with van der Waals surface area (Å²) in [6, 6.07) is 16.2. The molecule has 1 aliphatic rings. The Labute approximate surface area is 185 Å². The second-order valence-corrected chi connectivity index (χ2v) is 8.16. The van der Waals surface area contributed by atoms with Crippen LogP contribution in [0.15, 0.2) is 54.6 Å². The molecule has 31 heavy (non-hydrogen) atoms. The number of anilines is 1. The van der Waals surface area contributed by atoms with Crippen LogP contribution >= 0.6 is 11.6 Å². The van der Waals surface area contributed by atoms with Crippen molar-refractivity contribution in [3.8, 4) is 5.75 Å². The third kappa shape index (κ3) is 3.77. The van der Waals surface area contributed by atoms with Crippen LogP contribution in [0.2, 0.25) is 5.02 Å². The number of amides is 2. The molecule has 0 saturated carbocycles. The molecule has 0 fully saturated rings. The maximum absolute atomic E-state index is 13.5. The normalized spacial score (nSPS) is 17.9. The largest absolute Gasteiger partial charge is 0.495 e. The molecular weight excluding hydrogens is 416 g/mol. The minimum Gasteiger partial charge on any atom is -0.495 e. The number of aromatic nitrogens is 2. The van der Waals surface area contributed by atoms with Gasteiger partial charge >= 0.3 is 0 Å². The van der Waals surface area contributed by atoms with Gasteiger partial charge in [0, 0.05) is 11.6 Å². The van der Waals surface area contributed by atoms with Gasteiger partial charge in [0.25, 0.3) is 5.91 Å². The van der Waals surface area contributed by atoms with Crippen LogP contribution in [0.3, 0.4) is 0 Å². The first-order valence-electron chi connectivity index (χ1n) is 9.88. The molecule has 4 rings (SSSR count). The summed E-state index contributed by atoms with van der Waals surface area (Å²) in [5.41, 5.74) is 1.37. The van der Waals surface area contributed by atoms with Crippen LogP contribution in [-0.2, 0) is 17.9 Å². The van der Waals surface area contributed by atoms with Gasteiger partial charge in [0.15, 0.2) is 0 Å². The summed E-state index contributed by atoms with van der Waals surface area (Å²) < 4.78 is 7.10. The monoisotopic (exact) mass is 438 g/mol. The third-order valence-corrected chi connectivity index (χ3v) is 5.71. The zero-order chi connectivity index (χ0) is 22.2. The highest BCUT2D eigenvalue weighted by Gasteiger charge is 2.49. The first kappa shape index (κ1) is 20.9. The van der Waals surface area contributed by atoms with Crippen molar-refractivity contribution in [1.82, 2.24) is 15.1 Å². The first-order chi connectivity index (χ1) is 14.8. The Hall–Kier alpha value is -3.32. The van der Waals surface area contributed by atoms with Gasteiger partial charge in [-0.1, -0.05) is 35.9 Å². The van der Waals surface area contributed by atoms with Gasteiger partial charge in [0.05, 0.1) is 25.0 Å². The zero-order valence-electron chi connectivity index (χ0n) is 17.6. The topological polar surface area (TPSA) is 76.5 Å². The number of nitrogens with zero attached hydrogens (tertiary/aromatic N) is 3. The molecule has 3 aromatic rings. The van der Waals surface area contributed by atoms with Crippen LogP contribution in [0.5, 0.6) is 5.75 Å². The van der Waals surface area contributed by atoms with Gasteiger partial charge in [-0.05, 0) is 49.7 Å². The summed E-state index contributed by atoms with van der Waals surface area (Å²) in [6.45, 7) is 4.09. The second kappa shape index (κ2) is 8.07. The van der Waals surface area contributed by atoms with E-state index in [2.05, 4.69) is 10.4 Å². The molecule has 1 atom stereocenters. The van der Waals surface area contributed by atoms with Crippen molar-refractivity contribution >= 4 is 29.1 Å². The highest BCUT2D eigenvalue weighted by Crippen LogP contribution is 2.38. The van der Waals surface area contributed by atoms with Gasteiger partial charge < -0.3 is 10.1 Å². The van der Waals surface area contributed by atoms with E-state index in [0.717, 1.165) is 5.56 Å². The standard InChI is InChI=1S/C23H23ClN4O3/c1-15-12-19-21(29)28(18-6-4-5-7-20(18)31-3)23(2,14-27(19)26-15)22(30)25-13-16-8-10-17(24)11-9-16/h4-12H,13-14H2,1-3H3,(H,25,30). The summed E-state index contributed by atoms with van der Waals surface area (Å²) in [6.07, 6.45) is 0. The summed E-state index contributed by atoms with van der Waals surface area (Å²) in [7, 11) is 1.54. The summed E-state index contributed by atoms with van der Waals surface area (Å²) in [5, 5.41) is 8.02. The maximum Gasteiger partial charge on any atom is 0.277 e. The van der Waals surface area contributed by atoms with Crippen molar-refractivity contribution in [2.45, 2.75) is 32.5 Å². The SMILES string of the molecule is COc1ccccc1N1C(=O)c2cc(C)nn2CC1(C)C(=O)NCc1ccc(Cl)cc1. The number of benzene rings is 2. The minimum absolute atomic E-state index is 0.215. The molecule has 1 aliphatic heterocycles. The second-order valence-electron chi connectivity index (χ2n) is 7.72. The molecule has 7 nitrogen and oxygen atoms in total. The molecule has 8 heteroatoms. The maximum atomic E-state index is 13.5. The van der Waals surface area contributed by atoms with Crippen molar-refractivity contribution in [2.24, 2.45) is 0 Å². The number of para-hydroxylation sites is 2. The molecular formula is C23H23ClN4O3. The van der Waals surface area contributed by atoms with Crippen LogP contribution in [0.1, 0.15) is 28.7 Å². The number of rotatable bonds is 5. The molecule has 0 saturated heterocycles. The van der Waals surface area contributed by atoms with Crippen molar-refractivity contribution in [3.63, 3.8) is 0 Å². The molecule has 2 amide bonds. The third-order valence-electron chi connectivity index (χ3n) is 5.46. The van der Waals surface area contributed by atoms with Crippen LogP contribution < -0.4 is 15.0 Å². The number of halogens is 1. The fourth-order valence-corrected chi connectivity index (χ4v) is 4.00. The van der Waals surface area contributed by atoms with E-state index in [0.29, 0.717) is 34.4 Å². The van der Waals surface area contributed by atoms with Crippen molar-refractivity contribution in [3.05, 3.63) is 76.6 Å². The number of fused-ring (bicyclic) bond motifs is 1. The lowest BCUT2D eigenvalue weighted by Crippen LogP contribution is -2.64. The van der Waals surface area contributed by atoms with Gasteiger partial charge in [-0.25, -0.2) is 0 Å². The van der Waals surface area contributed by atoms with Gasteiger partial charge in [-0.3, -0.25) is 19.2 Å². The van der Waals surface area contributed by atoms with E-state index < -0.39 is 5.54 Å². The Morgan fingerprint density at radius 1 is 1.23 bits per heavy atom. The summed E-state index contributed by atoms with van der Waals surface area (Å²) in [5.74, 6) is -0.0849. The van der Waals surface area contributed by atoms with Crippen molar-refractivity contribution in [2.75, 3.05) is 12.0 Å². The van der Waals surface area contributed by atoms with Crippen molar-refractivity contribution in [1.29, 1.82) is 0 Å². The Morgan fingerprint density at radius 3 is 2.65 bits per heavy atom. The molecule has 1 N–H and O–H groups in total. The highest BCUT2D eigenvalue weighted by atomic mass is 35.5. The van der Waals surface area contributed by atoms with Crippen LogP contribution in [-0.4, -0.2) is 34.2 Å². The first-order valence-corrected chi connectivity index (χ1v) is 10.3. The van der Waals surface area contributed by atoms with Crippen LogP contribution in [0.4, 0.5) is 5.69 Å². The van der Waals surface area contributed by atoms with Crippen LogP contribution in [0, 0.1) is 6.92 Å². The number of hydrogen-bond donors (Lipinski definition) is 1. The molecule has 2 aromatic carbocycles. The van der Waals surface area contributed by atoms with Gasteiger partial charge in [-0.15, -0.1) is 0 Å². The summed E-state index contributed by atoms with van der Waals surface area (Å²) in [4.78, 5) is 28.6. The number of ether oxygens (including phenoxy) is 1. The van der Waals surface area contributed by atoms with E-state index in [1.54, 1.807) is 49.0 Å². The van der Waals surface area contributed by atoms with E-state index >= 15 is 0 Å². The van der Waals surface area contributed by atoms with E-state index in [1.165, 1.54) is 4.90 Å². The summed E-state index contributed by atoms with van der Waals surface area (Å²) >= 11 is 5.95. The van der Waals surface area contributed by atoms with E-state index in [9.17, 15) is 9.59 Å². The zero-order valence-corrected chi connectivity index (χ0v) is 18.3. The smallest absolute Gasteiger partial charge is 0.277 e. The molecule has 160 valence electrons. The predicted octanol–water partition coefficient (Wildman–Crippen LogP) is 3.59. The quantitative estimate of drug-likeness (QED) is 0.660. The number of carbonyl (C=O) groups is 2. The number of methoxy groups -OCH3 is 1. The number of hydrogen-bond acceptors (Lipinski definition) is 4. The fourth-order valence-electron chi connectivity index (χ4n) is 3.88. The Balaban J connectivity index is 1.73. The Morgan fingerprint density at radius 2 is 1.94 bits per heavy atom. The minimum atomic E-state index is -1.22. The van der Waals surface area contributed by atoms with E-state index in [1.807, 2.05) is 31.2 Å². The number of carbonyl (C=O) groups excluding carboxylic acids is 2. The van der Waals surface area contributed by atoms with Crippen molar-refractivity contribution < 1.29 is 14.3 Å². The predicted molar refractivity (Wildman–Crippen MR) is 118 cm³/mol. The average Bonchev–Trinajstić information content (AvgIpc) is 3.13.